The Morgan fingerprint density at radius 3 is 2.65 bits per heavy atom. The normalized spacial score (nSPS) is 12.9. The van der Waals surface area contributed by atoms with Crippen LogP contribution in [0, 0.1) is 6.92 Å². The summed E-state index contributed by atoms with van der Waals surface area (Å²) in [5, 5.41) is 8.38. The van der Waals surface area contributed by atoms with Crippen LogP contribution < -0.4 is 0 Å². The molecular formula is C26H21N3O2. The number of Topliss-reactive ketones (excluding diaryl/α,β-unsaturated/α-hetero) is 1. The van der Waals surface area contributed by atoms with Crippen LogP contribution in [0.2, 0.25) is 0 Å². The van der Waals surface area contributed by atoms with Crippen molar-refractivity contribution in [2.75, 3.05) is 6.54 Å². The molecule has 0 spiro atoms. The Kier molecular flexibility index (Phi) is 4.51. The van der Waals surface area contributed by atoms with E-state index in [4.69, 9.17) is 0 Å². The van der Waals surface area contributed by atoms with Gasteiger partial charge in [0.25, 0.3) is 5.91 Å². The number of aromatic nitrogens is 2. The number of carbonyl (C=O) groups is 2. The maximum absolute atomic E-state index is 13.1. The summed E-state index contributed by atoms with van der Waals surface area (Å²) in [7, 11) is 0. The fourth-order valence-electron chi connectivity index (χ4n) is 4.19. The molecule has 0 unspecified atom stereocenters. The highest BCUT2D eigenvalue weighted by atomic mass is 16.2. The Morgan fingerprint density at radius 2 is 1.84 bits per heavy atom. The molecule has 31 heavy (non-hydrogen) atoms. The number of fused-ring (bicyclic) bond motifs is 2. The topological polar surface area (TPSA) is 66.1 Å². The molecule has 1 amide bonds. The molecule has 5 rings (SSSR count). The number of hydrogen-bond acceptors (Lipinski definition) is 3. The first-order chi connectivity index (χ1) is 15.0. The Labute approximate surface area is 180 Å². The van der Waals surface area contributed by atoms with Crippen LogP contribution in [0.1, 0.15) is 32.0 Å². The molecule has 0 radical (unpaired) electrons. The predicted molar refractivity (Wildman–Crippen MR) is 121 cm³/mol. The second-order valence-corrected chi connectivity index (χ2v) is 7.87. The highest BCUT2D eigenvalue weighted by molar-refractivity contribution is 6.09. The SMILES string of the molecule is C=C(CN1Cc2c(cccc2-c2ccc3n[nH]c(C)c3c2)C1=O)C(=O)c1ccccc1. The number of ketones is 1. The molecule has 5 heteroatoms. The maximum Gasteiger partial charge on any atom is 0.254 e. The molecule has 0 saturated carbocycles. The van der Waals surface area contributed by atoms with Crippen molar-refractivity contribution in [3.05, 3.63) is 101 Å². The number of H-pyrrole nitrogens is 1. The van der Waals surface area contributed by atoms with E-state index in [0.29, 0.717) is 23.2 Å². The number of benzene rings is 3. The Balaban J connectivity index is 1.44. The van der Waals surface area contributed by atoms with Gasteiger partial charge in [-0.05, 0) is 41.8 Å². The molecule has 1 N–H and O–H groups in total. The van der Waals surface area contributed by atoms with Crippen molar-refractivity contribution >= 4 is 22.6 Å². The fourth-order valence-corrected chi connectivity index (χ4v) is 4.19. The molecule has 0 bridgehead atoms. The monoisotopic (exact) mass is 407 g/mol. The lowest BCUT2D eigenvalue weighted by atomic mass is 9.96. The van der Waals surface area contributed by atoms with E-state index in [2.05, 4.69) is 22.8 Å². The molecule has 0 fully saturated rings. The van der Waals surface area contributed by atoms with Gasteiger partial charge in [0, 0.05) is 40.9 Å². The lowest BCUT2D eigenvalue weighted by molar-refractivity contribution is 0.0788. The molecule has 0 aliphatic carbocycles. The fraction of sp³-hybridized carbons (Fsp3) is 0.115. The lowest BCUT2D eigenvalue weighted by Gasteiger charge is -2.17. The van der Waals surface area contributed by atoms with Crippen LogP contribution in [0.25, 0.3) is 22.0 Å². The van der Waals surface area contributed by atoms with Crippen molar-refractivity contribution in [3.8, 4) is 11.1 Å². The summed E-state index contributed by atoms with van der Waals surface area (Å²) in [6, 6.07) is 21.0. The van der Waals surface area contributed by atoms with E-state index in [1.165, 1.54) is 0 Å². The largest absolute Gasteiger partial charge is 0.330 e. The number of aromatic amines is 1. The van der Waals surface area contributed by atoms with Gasteiger partial charge in [-0.1, -0.05) is 55.1 Å². The van der Waals surface area contributed by atoms with Gasteiger partial charge < -0.3 is 4.90 Å². The van der Waals surface area contributed by atoms with Crippen molar-refractivity contribution in [1.29, 1.82) is 0 Å². The molecule has 2 heterocycles. The van der Waals surface area contributed by atoms with E-state index in [0.717, 1.165) is 33.3 Å². The van der Waals surface area contributed by atoms with Gasteiger partial charge in [-0.15, -0.1) is 0 Å². The molecule has 1 aliphatic heterocycles. The van der Waals surface area contributed by atoms with Gasteiger partial charge in [0.2, 0.25) is 0 Å². The Hall–Kier alpha value is -3.99. The standard InChI is InChI=1S/C26H21N3O2/c1-16(25(30)18-7-4-3-5-8-18)14-29-15-23-20(9-6-10-21(23)26(29)31)19-11-12-24-22(13-19)17(2)27-28-24/h3-13H,1,14-15H2,2H3,(H,27,28). The Morgan fingerprint density at radius 1 is 1.06 bits per heavy atom. The van der Waals surface area contributed by atoms with Gasteiger partial charge in [-0.3, -0.25) is 14.7 Å². The van der Waals surface area contributed by atoms with Crippen molar-refractivity contribution in [3.63, 3.8) is 0 Å². The zero-order valence-corrected chi connectivity index (χ0v) is 17.2. The van der Waals surface area contributed by atoms with Crippen LogP contribution in [0.5, 0.6) is 0 Å². The summed E-state index contributed by atoms with van der Waals surface area (Å²) in [6.45, 7) is 6.61. The van der Waals surface area contributed by atoms with Crippen molar-refractivity contribution in [1.82, 2.24) is 15.1 Å². The quantitative estimate of drug-likeness (QED) is 0.377. The van der Waals surface area contributed by atoms with Gasteiger partial charge >= 0.3 is 0 Å². The van der Waals surface area contributed by atoms with Crippen molar-refractivity contribution < 1.29 is 9.59 Å². The summed E-state index contributed by atoms with van der Waals surface area (Å²) in [4.78, 5) is 27.4. The van der Waals surface area contributed by atoms with E-state index in [-0.39, 0.29) is 18.2 Å². The van der Waals surface area contributed by atoms with Crippen LogP contribution in [0.3, 0.4) is 0 Å². The third kappa shape index (κ3) is 3.24. The number of amides is 1. The van der Waals surface area contributed by atoms with Crippen LogP contribution in [0.4, 0.5) is 0 Å². The van der Waals surface area contributed by atoms with Crippen molar-refractivity contribution in [2.24, 2.45) is 0 Å². The first-order valence-corrected chi connectivity index (χ1v) is 10.2. The molecule has 1 aliphatic rings. The predicted octanol–water partition coefficient (Wildman–Crippen LogP) is 4.93. The van der Waals surface area contributed by atoms with Gasteiger partial charge in [0.15, 0.2) is 5.78 Å². The first kappa shape index (κ1) is 19.0. The number of hydrogen-bond donors (Lipinski definition) is 1. The highest BCUT2D eigenvalue weighted by Crippen LogP contribution is 2.34. The third-order valence-corrected chi connectivity index (χ3v) is 5.84. The number of nitrogens with one attached hydrogen (secondary N) is 1. The lowest BCUT2D eigenvalue weighted by Crippen LogP contribution is -2.28. The van der Waals surface area contributed by atoms with Gasteiger partial charge in [0.1, 0.15) is 0 Å². The number of aryl methyl sites for hydroxylation is 1. The second-order valence-electron chi connectivity index (χ2n) is 7.87. The average molecular weight is 407 g/mol. The molecule has 0 saturated heterocycles. The van der Waals surface area contributed by atoms with Gasteiger partial charge in [0.05, 0.1) is 5.52 Å². The molecule has 0 atom stereocenters. The molecule has 5 nitrogen and oxygen atoms in total. The Bertz CT molecular complexity index is 1350. The van der Waals surface area contributed by atoms with Gasteiger partial charge in [-0.2, -0.15) is 5.10 Å². The molecule has 152 valence electrons. The number of carbonyl (C=O) groups excluding carboxylic acids is 2. The smallest absolute Gasteiger partial charge is 0.254 e. The summed E-state index contributed by atoms with van der Waals surface area (Å²) in [5.74, 6) is -0.204. The summed E-state index contributed by atoms with van der Waals surface area (Å²) in [6.07, 6.45) is 0. The first-order valence-electron chi connectivity index (χ1n) is 10.2. The van der Waals surface area contributed by atoms with E-state index in [9.17, 15) is 9.59 Å². The number of nitrogens with zero attached hydrogens (tertiary/aromatic N) is 2. The van der Waals surface area contributed by atoms with Crippen LogP contribution in [-0.4, -0.2) is 33.3 Å². The van der Waals surface area contributed by atoms with E-state index < -0.39 is 0 Å². The minimum absolute atomic E-state index is 0.0700. The molecule has 4 aromatic rings. The second kappa shape index (κ2) is 7.36. The zero-order valence-electron chi connectivity index (χ0n) is 17.2. The van der Waals surface area contributed by atoms with E-state index in [1.807, 2.05) is 55.5 Å². The van der Waals surface area contributed by atoms with Gasteiger partial charge in [-0.25, -0.2) is 0 Å². The average Bonchev–Trinajstić information content (AvgIpc) is 3.33. The third-order valence-electron chi connectivity index (χ3n) is 5.84. The van der Waals surface area contributed by atoms with Crippen LogP contribution in [-0.2, 0) is 6.54 Å². The molecule has 1 aromatic heterocycles. The minimum atomic E-state index is -0.134. The van der Waals surface area contributed by atoms with E-state index in [1.54, 1.807) is 17.0 Å². The summed E-state index contributed by atoms with van der Waals surface area (Å²) >= 11 is 0. The van der Waals surface area contributed by atoms with Crippen LogP contribution in [0.15, 0.2) is 78.9 Å². The highest BCUT2D eigenvalue weighted by Gasteiger charge is 2.30. The van der Waals surface area contributed by atoms with Crippen LogP contribution >= 0.6 is 0 Å². The summed E-state index contributed by atoms with van der Waals surface area (Å²) < 4.78 is 0. The van der Waals surface area contributed by atoms with Crippen molar-refractivity contribution in [2.45, 2.75) is 13.5 Å². The molecular weight excluding hydrogens is 386 g/mol. The number of rotatable bonds is 5. The molecule has 3 aromatic carbocycles. The maximum atomic E-state index is 13.1. The minimum Gasteiger partial charge on any atom is -0.330 e. The zero-order chi connectivity index (χ0) is 21.5. The van der Waals surface area contributed by atoms with E-state index >= 15 is 0 Å². The summed E-state index contributed by atoms with van der Waals surface area (Å²) in [5.41, 5.74) is 6.65.